The fraction of sp³-hybridized carbons (Fsp3) is 0.0556. The summed E-state index contributed by atoms with van der Waals surface area (Å²) < 4.78 is 6.38. The minimum Gasteiger partial charge on any atom is -0.482 e. The molecular formula is C18H12BrN5O2. The van der Waals surface area contributed by atoms with Gasteiger partial charge in [0.05, 0.1) is 11.2 Å². The van der Waals surface area contributed by atoms with Gasteiger partial charge in [0.15, 0.2) is 12.4 Å². The lowest BCUT2D eigenvalue weighted by atomic mass is 10.1. The van der Waals surface area contributed by atoms with E-state index in [1.807, 2.05) is 42.6 Å². The molecule has 0 spiro atoms. The summed E-state index contributed by atoms with van der Waals surface area (Å²) >= 11 is 3.50. The first-order valence-electron chi connectivity index (χ1n) is 7.94. The summed E-state index contributed by atoms with van der Waals surface area (Å²) in [5.41, 5.74) is 3.02. The average molecular weight is 410 g/mol. The van der Waals surface area contributed by atoms with Gasteiger partial charge in [-0.1, -0.05) is 15.9 Å². The Morgan fingerprint density at radius 3 is 3.00 bits per heavy atom. The highest BCUT2D eigenvalue weighted by Gasteiger charge is 2.17. The third kappa shape index (κ3) is 2.46. The molecule has 1 amide bonds. The lowest BCUT2D eigenvalue weighted by molar-refractivity contribution is -0.118. The Hall–Kier alpha value is -3.13. The van der Waals surface area contributed by atoms with E-state index >= 15 is 0 Å². The molecule has 1 aliphatic rings. The van der Waals surface area contributed by atoms with E-state index in [4.69, 9.17) is 9.72 Å². The van der Waals surface area contributed by atoms with Crippen molar-refractivity contribution in [2.75, 3.05) is 17.2 Å². The van der Waals surface area contributed by atoms with Crippen LogP contribution in [0.5, 0.6) is 5.75 Å². The normalized spacial score (nSPS) is 13.3. The summed E-state index contributed by atoms with van der Waals surface area (Å²) in [6.45, 7) is 0.0372. The largest absolute Gasteiger partial charge is 0.482 e. The van der Waals surface area contributed by atoms with Gasteiger partial charge >= 0.3 is 0 Å². The van der Waals surface area contributed by atoms with Crippen molar-refractivity contribution in [2.45, 2.75) is 0 Å². The second kappa shape index (κ2) is 5.70. The summed E-state index contributed by atoms with van der Waals surface area (Å²) in [7, 11) is 0. The summed E-state index contributed by atoms with van der Waals surface area (Å²) in [6.07, 6.45) is 1.86. The van der Waals surface area contributed by atoms with Crippen molar-refractivity contribution in [3.63, 3.8) is 0 Å². The first-order chi connectivity index (χ1) is 12.7. The monoisotopic (exact) mass is 409 g/mol. The maximum Gasteiger partial charge on any atom is 0.262 e. The van der Waals surface area contributed by atoms with Crippen LogP contribution < -0.4 is 15.4 Å². The Labute approximate surface area is 155 Å². The van der Waals surface area contributed by atoms with Crippen LogP contribution in [0, 0.1) is 0 Å². The zero-order valence-electron chi connectivity index (χ0n) is 13.3. The van der Waals surface area contributed by atoms with Gasteiger partial charge in [0, 0.05) is 27.1 Å². The number of carbonyl (C=O) groups is 1. The van der Waals surface area contributed by atoms with Gasteiger partial charge < -0.3 is 15.4 Å². The van der Waals surface area contributed by atoms with Gasteiger partial charge in [0.2, 0.25) is 0 Å². The second-order valence-electron chi connectivity index (χ2n) is 5.94. The molecule has 0 bridgehead atoms. The Balaban J connectivity index is 1.61. The molecule has 2 aromatic heterocycles. The Morgan fingerprint density at radius 2 is 2.08 bits per heavy atom. The molecule has 3 N–H and O–H groups in total. The zero-order chi connectivity index (χ0) is 17.7. The summed E-state index contributed by atoms with van der Waals surface area (Å²) in [4.78, 5) is 16.2. The third-order valence-corrected chi connectivity index (χ3v) is 4.71. The van der Waals surface area contributed by atoms with Gasteiger partial charge in [-0.2, -0.15) is 5.10 Å². The number of anilines is 3. The van der Waals surface area contributed by atoms with E-state index in [2.05, 4.69) is 36.8 Å². The highest BCUT2D eigenvalue weighted by molar-refractivity contribution is 9.10. The molecule has 5 rings (SSSR count). The highest BCUT2D eigenvalue weighted by atomic mass is 79.9. The van der Waals surface area contributed by atoms with Crippen molar-refractivity contribution < 1.29 is 9.53 Å². The predicted octanol–water partition coefficient (Wildman–Crippen LogP) is 3.95. The minimum absolute atomic E-state index is 0.0372. The van der Waals surface area contributed by atoms with Crippen LogP contribution >= 0.6 is 15.9 Å². The molecule has 26 heavy (non-hydrogen) atoms. The van der Waals surface area contributed by atoms with E-state index in [1.54, 1.807) is 0 Å². The van der Waals surface area contributed by atoms with Crippen LogP contribution in [0.15, 0.2) is 47.1 Å². The van der Waals surface area contributed by atoms with Gasteiger partial charge in [-0.25, -0.2) is 4.98 Å². The fourth-order valence-corrected chi connectivity index (χ4v) is 3.42. The Morgan fingerprint density at radius 1 is 1.15 bits per heavy atom. The number of pyridine rings is 1. The van der Waals surface area contributed by atoms with Crippen LogP contribution in [0.4, 0.5) is 17.2 Å². The molecule has 1 aliphatic heterocycles. The van der Waals surface area contributed by atoms with Crippen molar-refractivity contribution in [2.24, 2.45) is 0 Å². The predicted molar refractivity (Wildman–Crippen MR) is 103 cm³/mol. The van der Waals surface area contributed by atoms with E-state index < -0.39 is 0 Å². The maximum absolute atomic E-state index is 11.5. The zero-order valence-corrected chi connectivity index (χ0v) is 14.9. The number of aromatic amines is 1. The van der Waals surface area contributed by atoms with Gasteiger partial charge in [0.1, 0.15) is 11.3 Å². The van der Waals surface area contributed by atoms with Crippen LogP contribution in [-0.2, 0) is 4.79 Å². The molecule has 0 saturated carbocycles. The lowest BCUT2D eigenvalue weighted by Gasteiger charge is -2.19. The van der Waals surface area contributed by atoms with E-state index in [9.17, 15) is 4.79 Å². The quantitative estimate of drug-likeness (QED) is 0.466. The SMILES string of the molecule is O=C1COc2ccc(Nc3nc4ccc(Br)cc4c4c[nH]nc34)cc2N1. The third-order valence-electron chi connectivity index (χ3n) is 4.22. The number of H-pyrrole nitrogens is 1. The Kier molecular flexibility index (Phi) is 3.32. The van der Waals surface area contributed by atoms with Crippen LogP contribution in [0.2, 0.25) is 0 Å². The smallest absolute Gasteiger partial charge is 0.262 e. The van der Waals surface area contributed by atoms with Gasteiger partial charge in [0.25, 0.3) is 5.91 Å². The molecule has 2 aromatic carbocycles. The number of aromatic nitrogens is 3. The average Bonchev–Trinajstić information content (AvgIpc) is 3.12. The molecule has 0 aliphatic carbocycles. The van der Waals surface area contributed by atoms with Crippen molar-refractivity contribution in [3.8, 4) is 5.75 Å². The fourth-order valence-electron chi connectivity index (χ4n) is 3.06. The Bertz CT molecular complexity index is 1190. The van der Waals surface area contributed by atoms with Gasteiger partial charge in [-0.15, -0.1) is 0 Å². The number of nitrogens with one attached hydrogen (secondary N) is 3. The molecule has 0 fully saturated rings. The standard InChI is InChI=1S/C18H12BrN5O2/c19-9-1-3-13-11(5-9)12-7-20-24-17(12)18(23-13)21-10-2-4-15-14(6-10)22-16(25)8-26-15/h1-7H,8H2,(H,20,24)(H,21,23)(H,22,25). The number of benzene rings is 2. The molecule has 0 saturated heterocycles. The van der Waals surface area contributed by atoms with Crippen LogP contribution in [0.3, 0.4) is 0 Å². The summed E-state index contributed by atoms with van der Waals surface area (Å²) in [5.74, 6) is 1.12. The number of rotatable bonds is 2. The molecule has 128 valence electrons. The number of hydrogen-bond donors (Lipinski definition) is 3. The van der Waals surface area contributed by atoms with Crippen LogP contribution in [0.25, 0.3) is 21.8 Å². The molecule has 8 heteroatoms. The van der Waals surface area contributed by atoms with Crippen molar-refractivity contribution in [1.29, 1.82) is 0 Å². The molecule has 0 unspecified atom stereocenters. The van der Waals surface area contributed by atoms with E-state index in [0.29, 0.717) is 17.3 Å². The topological polar surface area (TPSA) is 91.9 Å². The second-order valence-corrected chi connectivity index (χ2v) is 6.86. The van der Waals surface area contributed by atoms with Crippen LogP contribution in [-0.4, -0.2) is 27.7 Å². The van der Waals surface area contributed by atoms with E-state index in [0.717, 1.165) is 32.0 Å². The summed E-state index contributed by atoms with van der Waals surface area (Å²) in [5, 5.41) is 15.3. The molecule has 0 radical (unpaired) electrons. The van der Waals surface area contributed by atoms with Crippen LogP contribution in [0.1, 0.15) is 0 Å². The van der Waals surface area contributed by atoms with Crippen molar-refractivity contribution in [3.05, 3.63) is 47.1 Å². The minimum atomic E-state index is -0.168. The number of nitrogens with zero attached hydrogens (tertiary/aromatic N) is 2. The maximum atomic E-state index is 11.5. The molecule has 3 heterocycles. The number of hydrogen-bond acceptors (Lipinski definition) is 5. The first-order valence-corrected chi connectivity index (χ1v) is 8.73. The number of ether oxygens (including phenoxy) is 1. The van der Waals surface area contributed by atoms with Crippen molar-refractivity contribution >= 4 is 60.8 Å². The number of carbonyl (C=O) groups excluding carboxylic acids is 1. The first kappa shape index (κ1) is 15.2. The molecule has 7 nitrogen and oxygen atoms in total. The highest BCUT2D eigenvalue weighted by Crippen LogP contribution is 2.34. The summed E-state index contributed by atoms with van der Waals surface area (Å²) in [6, 6.07) is 11.4. The molecular weight excluding hydrogens is 398 g/mol. The van der Waals surface area contributed by atoms with Crippen molar-refractivity contribution in [1.82, 2.24) is 15.2 Å². The molecule has 0 atom stereocenters. The lowest BCUT2D eigenvalue weighted by Crippen LogP contribution is -2.25. The van der Waals surface area contributed by atoms with E-state index in [1.165, 1.54) is 0 Å². The van der Waals surface area contributed by atoms with E-state index in [-0.39, 0.29) is 12.5 Å². The number of amides is 1. The van der Waals surface area contributed by atoms with Gasteiger partial charge in [-0.05, 0) is 36.4 Å². The van der Waals surface area contributed by atoms with Gasteiger partial charge in [-0.3, -0.25) is 9.89 Å². The number of fused-ring (bicyclic) bond motifs is 4. The number of halogens is 1. The molecule has 4 aromatic rings.